The van der Waals surface area contributed by atoms with Gasteiger partial charge in [-0.1, -0.05) is 43.2 Å². The van der Waals surface area contributed by atoms with E-state index in [1.807, 2.05) is 30.3 Å². The zero-order chi connectivity index (χ0) is 14.1. The molecule has 0 bridgehead atoms. The lowest BCUT2D eigenvalue weighted by molar-refractivity contribution is 0.0382. The average molecular weight is 270 g/mol. The third-order valence-corrected chi connectivity index (χ3v) is 4.98. The normalized spacial score (nSPS) is 31.5. The Hall–Kier alpha value is -1.37. The van der Waals surface area contributed by atoms with Gasteiger partial charge in [0.1, 0.15) is 0 Å². The van der Waals surface area contributed by atoms with Crippen LogP contribution in [0.1, 0.15) is 44.1 Å². The maximum absolute atomic E-state index is 10.3. The highest BCUT2D eigenvalue weighted by molar-refractivity contribution is 5.36. The van der Waals surface area contributed by atoms with Crippen LogP contribution in [0.4, 0.5) is 0 Å². The first-order valence-electron chi connectivity index (χ1n) is 7.58. The molecule has 3 rings (SSSR count). The predicted octanol–water partition coefficient (Wildman–Crippen LogP) is 2.51. The Bertz CT molecular complexity index is 493. The molecular formula is C17H22N2O. The highest BCUT2D eigenvalue weighted by Gasteiger charge is 2.46. The van der Waals surface area contributed by atoms with Crippen molar-refractivity contribution >= 4 is 0 Å². The minimum Gasteiger partial charge on any atom is -0.389 e. The molecule has 0 atom stereocenters. The smallest absolute Gasteiger partial charge is 0.0852 e. The van der Waals surface area contributed by atoms with Crippen molar-refractivity contribution in [3.63, 3.8) is 0 Å². The number of benzene rings is 1. The third kappa shape index (κ3) is 2.46. The van der Waals surface area contributed by atoms with Crippen molar-refractivity contribution in [1.82, 2.24) is 5.32 Å². The lowest BCUT2D eigenvalue weighted by Crippen LogP contribution is -2.54. The van der Waals surface area contributed by atoms with Crippen LogP contribution in [0.15, 0.2) is 30.3 Å². The molecule has 0 spiro atoms. The van der Waals surface area contributed by atoms with Gasteiger partial charge in [0.25, 0.3) is 0 Å². The molecule has 0 heterocycles. The number of hydrogen-bond donors (Lipinski definition) is 2. The Morgan fingerprint density at radius 3 is 2.45 bits per heavy atom. The minimum atomic E-state index is -0.502. The third-order valence-electron chi connectivity index (χ3n) is 4.98. The summed E-state index contributed by atoms with van der Waals surface area (Å²) in [6, 6.07) is 12.9. The fourth-order valence-corrected chi connectivity index (χ4v) is 3.62. The monoisotopic (exact) mass is 270 g/mol. The lowest BCUT2D eigenvalue weighted by atomic mass is 9.62. The highest BCUT2D eigenvalue weighted by Crippen LogP contribution is 2.43. The fourth-order valence-electron chi connectivity index (χ4n) is 3.62. The minimum absolute atomic E-state index is 0.322. The number of rotatable bonds is 4. The Balaban J connectivity index is 1.56. The van der Waals surface area contributed by atoms with Crippen molar-refractivity contribution in [2.75, 3.05) is 6.54 Å². The molecule has 0 saturated heterocycles. The maximum atomic E-state index is 10.3. The molecule has 0 unspecified atom stereocenters. The van der Waals surface area contributed by atoms with Gasteiger partial charge in [-0.2, -0.15) is 5.26 Å². The Labute approximate surface area is 120 Å². The standard InChI is InChI=1S/C17H22N2O/c18-12-16(14-6-2-1-3-7-14)10-15(11-16)19-13-17(20)8-4-5-9-17/h1-3,6-7,15,19-20H,4-5,8-11,13H2. The van der Waals surface area contributed by atoms with Crippen LogP contribution in [0, 0.1) is 11.3 Å². The van der Waals surface area contributed by atoms with Gasteiger partial charge in [0.05, 0.1) is 17.1 Å². The lowest BCUT2D eigenvalue weighted by Gasteiger charge is -2.44. The number of nitrogens with zero attached hydrogens (tertiary/aromatic N) is 1. The zero-order valence-electron chi connectivity index (χ0n) is 11.8. The van der Waals surface area contributed by atoms with Crippen LogP contribution in [-0.4, -0.2) is 23.3 Å². The SMILES string of the molecule is N#CC1(c2ccccc2)CC(NCC2(O)CCCC2)C1. The van der Waals surface area contributed by atoms with Crippen molar-refractivity contribution in [3.05, 3.63) is 35.9 Å². The molecule has 2 aliphatic carbocycles. The summed E-state index contributed by atoms with van der Waals surface area (Å²) >= 11 is 0. The summed E-state index contributed by atoms with van der Waals surface area (Å²) in [6.45, 7) is 0.675. The van der Waals surface area contributed by atoms with Gasteiger partial charge in [-0.25, -0.2) is 0 Å². The highest BCUT2D eigenvalue weighted by atomic mass is 16.3. The van der Waals surface area contributed by atoms with Crippen LogP contribution in [0.25, 0.3) is 0 Å². The summed E-state index contributed by atoms with van der Waals surface area (Å²) in [5, 5.41) is 23.3. The van der Waals surface area contributed by atoms with Gasteiger partial charge in [0, 0.05) is 12.6 Å². The van der Waals surface area contributed by atoms with E-state index in [0.717, 1.165) is 44.1 Å². The van der Waals surface area contributed by atoms with Gasteiger partial charge in [0.15, 0.2) is 0 Å². The van der Waals surface area contributed by atoms with Gasteiger partial charge in [-0.15, -0.1) is 0 Å². The maximum Gasteiger partial charge on any atom is 0.0852 e. The molecule has 2 aliphatic rings. The van der Waals surface area contributed by atoms with Crippen LogP contribution >= 0.6 is 0 Å². The largest absolute Gasteiger partial charge is 0.389 e. The van der Waals surface area contributed by atoms with Gasteiger partial charge in [0.2, 0.25) is 0 Å². The number of nitriles is 1. The Morgan fingerprint density at radius 2 is 1.85 bits per heavy atom. The van der Waals surface area contributed by atoms with Crippen molar-refractivity contribution in [2.45, 2.75) is 55.6 Å². The van der Waals surface area contributed by atoms with Crippen molar-refractivity contribution in [3.8, 4) is 6.07 Å². The van der Waals surface area contributed by atoms with E-state index in [2.05, 4.69) is 11.4 Å². The fraction of sp³-hybridized carbons (Fsp3) is 0.588. The second-order valence-corrected chi connectivity index (χ2v) is 6.48. The number of nitrogens with one attached hydrogen (secondary N) is 1. The van der Waals surface area contributed by atoms with Crippen LogP contribution in [-0.2, 0) is 5.41 Å². The van der Waals surface area contributed by atoms with Crippen molar-refractivity contribution in [2.24, 2.45) is 0 Å². The number of hydrogen-bond acceptors (Lipinski definition) is 3. The summed E-state index contributed by atoms with van der Waals surface area (Å²) < 4.78 is 0. The molecule has 3 nitrogen and oxygen atoms in total. The zero-order valence-corrected chi connectivity index (χ0v) is 11.8. The molecule has 0 radical (unpaired) electrons. The second kappa shape index (κ2) is 5.20. The van der Waals surface area contributed by atoms with Crippen molar-refractivity contribution < 1.29 is 5.11 Å². The summed E-state index contributed by atoms with van der Waals surface area (Å²) in [7, 11) is 0. The Kier molecular flexibility index (Phi) is 3.54. The molecule has 2 N–H and O–H groups in total. The quantitative estimate of drug-likeness (QED) is 0.884. The van der Waals surface area contributed by atoms with E-state index in [1.165, 1.54) is 0 Å². The molecule has 106 valence electrons. The van der Waals surface area contributed by atoms with Crippen LogP contribution in [0.3, 0.4) is 0 Å². The van der Waals surface area contributed by atoms with Gasteiger partial charge < -0.3 is 10.4 Å². The van der Waals surface area contributed by atoms with E-state index in [1.54, 1.807) is 0 Å². The molecule has 0 aliphatic heterocycles. The molecule has 1 aromatic rings. The molecule has 0 aromatic heterocycles. The van der Waals surface area contributed by atoms with Gasteiger partial charge in [-0.3, -0.25) is 0 Å². The molecule has 2 saturated carbocycles. The van der Waals surface area contributed by atoms with E-state index in [0.29, 0.717) is 12.6 Å². The molecule has 20 heavy (non-hydrogen) atoms. The van der Waals surface area contributed by atoms with Gasteiger partial charge in [-0.05, 0) is 31.2 Å². The molecule has 2 fully saturated rings. The first-order valence-corrected chi connectivity index (χ1v) is 7.58. The summed E-state index contributed by atoms with van der Waals surface area (Å²) in [4.78, 5) is 0. The molecule has 0 amide bonds. The topological polar surface area (TPSA) is 56.0 Å². The molecular weight excluding hydrogens is 248 g/mol. The second-order valence-electron chi connectivity index (χ2n) is 6.48. The summed E-state index contributed by atoms with van der Waals surface area (Å²) in [6.07, 6.45) is 5.79. The predicted molar refractivity (Wildman–Crippen MR) is 78.2 cm³/mol. The molecule has 1 aromatic carbocycles. The number of aliphatic hydroxyl groups is 1. The molecule has 3 heteroatoms. The van der Waals surface area contributed by atoms with E-state index >= 15 is 0 Å². The van der Waals surface area contributed by atoms with Crippen molar-refractivity contribution in [1.29, 1.82) is 5.26 Å². The Morgan fingerprint density at radius 1 is 1.20 bits per heavy atom. The van der Waals surface area contributed by atoms with E-state index in [4.69, 9.17) is 0 Å². The first-order chi connectivity index (χ1) is 9.66. The summed E-state index contributed by atoms with van der Waals surface area (Å²) in [5.41, 5.74) is 0.301. The van der Waals surface area contributed by atoms with Crippen LogP contribution in [0.5, 0.6) is 0 Å². The van der Waals surface area contributed by atoms with E-state index < -0.39 is 5.60 Å². The first kappa shape index (κ1) is 13.6. The van der Waals surface area contributed by atoms with Crippen LogP contribution < -0.4 is 5.32 Å². The van der Waals surface area contributed by atoms with E-state index in [9.17, 15) is 10.4 Å². The van der Waals surface area contributed by atoms with Gasteiger partial charge >= 0.3 is 0 Å². The average Bonchev–Trinajstić information content (AvgIpc) is 2.86. The van der Waals surface area contributed by atoms with Crippen LogP contribution in [0.2, 0.25) is 0 Å². The van der Waals surface area contributed by atoms with E-state index in [-0.39, 0.29) is 5.41 Å². The summed E-state index contributed by atoms with van der Waals surface area (Å²) in [5.74, 6) is 0.